The highest BCUT2D eigenvalue weighted by atomic mass is 32.2. The summed E-state index contributed by atoms with van der Waals surface area (Å²) in [5.41, 5.74) is 3.88. The molecule has 0 spiro atoms. The number of hydrogen-bond donors (Lipinski definition) is 0. The monoisotopic (exact) mass is 411 g/mol. The van der Waals surface area contributed by atoms with Crippen molar-refractivity contribution < 1.29 is 13.9 Å². The van der Waals surface area contributed by atoms with Crippen LogP contribution in [-0.2, 0) is 11.3 Å². The summed E-state index contributed by atoms with van der Waals surface area (Å²) in [6.45, 7) is 5.09. The number of alkyl halides is 1. The van der Waals surface area contributed by atoms with Gasteiger partial charge in [-0.3, -0.25) is 4.79 Å². The summed E-state index contributed by atoms with van der Waals surface area (Å²) in [7, 11) is 1.64. The number of thioether (sulfide) groups is 1. The molecule has 0 N–H and O–H groups in total. The summed E-state index contributed by atoms with van der Waals surface area (Å²) in [6.07, 6.45) is 0. The molecule has 2 heterocycles. The fourth-order valence-electron chi connectivity index (χ4n) is 4.24. The number of rotatable bonds is 6. The minimum absolute atomic E-state index is 0.0842. The first kappa shape index (κ1) is 19.8. The molecule has 1 aromatic heterocycles. The Balaban J connectivity index is 2.05. The molecule has 0 aliphatic carbocycles. The average Bonchev–Trinajstić information content (AvgIpc) is 3.08. The molecule has 6 heteroatoms. The number of carbonyl (C=O) groups is 1. The smallest absolute Gasteiger partial charge is 0.240 e. The van der Waals surface area contributed by atoms with Crippen molar-refractivity contribution in [3.05, 3.63) is 48.0 Å². The number of nitrogens with zero attached hydrogens (tertiary/aromatic N) is 2. The molecule has 1 atom stereocenters. The maximum atomic E-state index is 13.5. The van der Waals surface area contributed by atoms with E-state index in [-0.39, 0.29) is 17.7 Å². The molecule has 1 amide bonds. The second-order valence-electron chi connectivity index (χ2n) is 6.97. The summed E-state index contributed by atoms with van der Waals surface area (Å²) < 4.78 is 21.2. The molecule has 1 aliphatic heterocycles. The number of ether oxygens (including phenoxy) is 1. The summed E-state index contributed by atoms with van der Waals surface area (Å²) in [5, 5.41) is 0.627. The predicted octanol–water partition coefficient (Wildman–Crippen LogP) is 5.30. The van der Waals surface area contributed by atoms with Crippen LogP contribution >= 0.6 is 11.8 Å². The van der Waals surface area contributed by atoms with Gasteiger partial charge >= 0.3 is 0 Å². The average molecular weight is 412 g/mol. The molecule has 2 aromatic carbocycles. The Kier molecular flexibility index (Phi) is 5.54. The lowest BCUT2D eigenvalue weighted by Crippen LogP contribution is -2.34. The maximum Gasteiger partial charge on any atom is 0.240 e. The van der Waals surface area contributed by atoms with Gasteiger partial charge in [0.05, 0.1) is 24.2 Å². The number of fused-ring (bicyclic) bond motifs is 5. The highest BCUT2D eigenvalue weighted by Crippen LogP contribution is 2.55. The molecule has 0 bridgehead atoms. The van der Waals surface area contributed by atoms with Crippen molar-refractivity contribution in [3.63, 3.8) is 0 Å². The molecule has 3 aromatic rings. The molecule has 0 saturated carbocycles. The molecular weight excluding hydrogens is 386 g/mol. The number of methoxy groups -OCH3 is 1. The summed E-state index contributed by atoms with van der Waals surface area (Å²) in [4.78, 5) is 16.3. The molecule has 1 aliphatic rings. The van der Waals surface area contributed by atoms with E-state index < -0.39 is 6.67 Å². The van der Waals surface area contributed by atoms with Gasteiger partial charge in [0.25, 0.3) is 0 Å². The fourth-order valence-corrected chi connectivity index (χ4v) is 5.64. The lowest BCUT2D eigenvalue weighted by atomic mass is 10.00. The highest BCUT2D eigenvalue weighted by Gasteiger charge is 2.38. The molecule has 1 unspecified atom stereocenters. The Bertz CT molecular complexity index is 1060. The van der Waals surface area contributed by atoms with E-state index >= 15 is 0 Å². The Hall–Kier alpha value is -2.47. The van der Waals surface area contributed by atoms with Crippen LogP contribution in [0.15, 0.2) is 47.4 Å². The van der Waals surface area contributed by atoms with E-state index in [4.69, 9.17) is 4.74 Å². The first-order valence-corrected chi connectivity index (χ1v) is 10.8. The Morgan fingerprint density at radius 1 is 1.17 bits per heavy atom. The van der Waals surface area contributed by atoms with Crippen LogP contribution in [0.25, 0.3) is 22.2 Å². The van der Waals surface area contributed by atoms with E-state index in [9.17, 15) is 9.18 Å². The van der Waals surface area contributed by atoms with E-state index in [2.05, 4.69) is 0 Å². The number of likely N-dealkylation sites (N-methyl/N-ethyl adjacent to an activating group) is 1. The molecule has 29 heavy (non-hydrogen) atoms. The maximum absolute atomic E-state index is 13.5. The number of benzene rings is 2. The van der Waals surface area contributed by atoms with Crippen LogP contribution in [0, 0.1) is 0 Å². The molecule has 4 rings (SSSR count). The van der Waals surface area contributed by atoms with Crippen LogP contribution in [0.4, 0.5) is 4.39 Å². The minimum atomic E-state index is -0.466. The van der Waals surface area contributed by atoms with Crippen molar-refractivity contribution in [1.82, 2.24) is 9.47 Å². The second-order valence-corrected chi connectivity index (χ2v) is 8.08. The third-order valence-electron chi connectivity index (χ3n) is 5.57. The predicted molar refractivity (Wildman–Crippen MR) is 116 cm³/mol. The molecule has 0 saturated heterocycles. The lowest BCUT2D eigenvalue weighted by molar-refractivity contribution is -0.130. The standard InChI is InChI=1S/C23H25FN2O2S/c1-4-25(5-2)23(27)22-19-15-9-6-7-11-17(15)26(14-13-24)20(19)16-10-8-12-18(28-3)21(16)29-22/h6-12,22H,4-5,13-14H2,1-3H3/i24-1. The van der Waals surface area contributed by atoms with E-state index in [0.29, 0.717) is 13.1 Å². The van der Waals surface area contributed by atoms with E-state index in [1.54, 1.807) is 18.9 Å². The van der Waals surface area contributed by atoms with Crippen LogP contribution in [0.5, 0.6) is 5.75 Å². The second kappa shape index (κ2) is 8.11. The first-order valence-electron chi connectivity index (χ1n) is 9.96. The third-order valence-corrected chi connectivity index (χ3v) is 6.90. The number of amides is 1. The van der Waals surface area contributed by atoms with E-state index in [0.717, 1.165) is 38.4 Å². The summed E-state index contributed by atoms with van der Waals surface area (Å²) in [6, 6.07) is 13.9. The summed E-state index contributed by atoms with van der Waals surface area (Å²) in [5.74, 6) is 0.827. The van der Waals surface area contributed by atoms with E-state index in [1.165, 1.54) is 0 Å². The van der Waals surface area contributed by atoms with E-state index in [1.807, 2.05) is 65.8 Å². The molecular formula is C23H25FN2O2S. The molecule has 152 valence electrons. The van der Waals surface area contributed by atoms with Crippen LogP contribution in [0.3, 0.4) is 0 Å². The first-order chi connectivity index (χ1) is 14.2. The number of carbonyl (C=O) groups excluding carboxylic acids is 1. The van der Waals surface area contributed by atoms with Crippen LogP contribution in [-0.4, -0.2) is 42.2 Å². The van der Waals surface area contributed by atoms with Crippen molar-refractivity contribution in [3.8, 4) is 17.0 Å². The zero-order valence-corrected chi connectivity index (χ0v) is 17.8. The zero-order chi connectivity index (χ0) is 20.5. The number of hydrogen-bond acceptors (Lipinski definition) is 3. The molecule has 0 radical (unpaired) electrons. The topological polar surface area (TPSA) is 34.5 Å². The van der Waals surface area contributed by atoms with Gasteiger partial charge in [0.1, 0.15) is 17.7 Å². The number of halogens is 1. The van der Waals surface area contributed by atoms with Crippen LogP contribution in [0.1, 0.15) is 24.7 Å². The van der Waals surface area contributed by atoms with Crippen molar-refractivity contribution in [1.29, 1.82) is 0 Å². The van der Waals surface area contributed by atoms with Gasteiger partial charge in [-0.25, -0.2) is 4.39 Å². The van der Waals surface area contributed by atoms with Crippen LogP contribution < -0.4 is 4.74 Å². The summed E-state index contributed by atoms with van der Waals surface area (Å²) >= 11 is 1.54. The number of aryl methyl sites for hydroxylation is 1. The van der Waals surface area contributed by atoms with Gasteiger partial charge in [0, 0.05) is 35.1 Å². The number of para-hydroxylation sites is 1. The van der Waals surface area contributed by atoms with Crippen molar-refractivity contribution in [2.45, 2.75) is 30.5 Å². The number of aromatic nitrogens is 1. The minimum Gasteiger partial charge on any atom is -0.496 e. The fraction of sp³-hybridized carbons (Fsp3) is 0.348. The zero-order valence-electron chi connectivity index (χ0n) is 16.9. The Morgan fingerprint density at radius 3 is 2.62 bits per heavy atom. The normalized spacial score (nSPS) is 15.1. The highest BCUT2D eigenvalue weighted by molar-refractivity contribution is 8.00. The van der Waals surface area contributed by atoms with Gasteiger partial charge in [0.2, 0.25) is 5.91 Å². The third kappa shape index (κ3) is 3.10. The lowest BCUT2D eigenvalue weighted by Gasteiger charge is -2.30. The van der Waals surface area contributed by atoms with Gasteiger partial charge in [-0.15, -0.1) is 11.8 Å². The van der Waals surface area contributed by atoms with Crippen molar-refractivity contribution in [2.75, 3.05) is 26.9 Å². The molecule has 4 nitrogen and oxygen atoms in total. The van der Waals surface area contributed by atoms with Gasteiger partial charge in [-0.2, -0.15) is 0 Å². The van der Waals surface area contributed by atoms with Gasteiger partial charge in [0.15, 0.2) is 0 Å². The van der Waals surface area contributed by atoms with Crippen molar-refractivity contribution >= 4 is 28.6 Å². The Labute approximate surface area is 174 Å². The van der Waals surface area contributed by atoms with Crippen LogP contribution in [0.2, 0.25) is 0 Å². The molecule has 0 fully saturated rings. The largest absolute Gasteiger partial charge is 0.496 e. The Morgan fingerprint density at radius 2 is 1.93 bits per heavy atom. The van der Waals surface area contributed by atoms with Gasteiger partial charge < -0.3 is 14.2 Å². The van der Waals surface area contributed by atoms with Gasteiger partial charge in [-0.05, 0) is 26.0 Å². The van der Waals surface area contributed by atoms with Crippen molar-refractivity contribution in [2.24, 2.45) is 0 Å². The quantitative estimate of drug-likeness (QED) is 0.552. The van der Waals surface area contributed by atoms with Gasteiger partial charge in [-0.1, -0.05) is 30.3 Å². The SMILES string of the molecule is CCN(CC)C(=O)C1Sc2c(OC)cccc2-c2c1c1ccccc1n2CC[18F].